The zero-order chi connectivity index (χ0) is 16.6. The van der Waals surface area contributed by atoms with Gasteiger partial charge in [0.05, 0.1) is 16.2 Å². The lowest BCUT2D eigenvalue weighted by Crippen LogP contribution is -2.13. The quantitative estimate of drug-likeness (QED) is 0.367. The van der Waals surface area contributed by atoms with Gasteiger partial charge in [-0.1, -0.05) is 48.5 Å². The van der Waals surface area contributed by atoms with E-state index in [0.717, 1.165) is 12.1 Å². The van der Waals surface area contributed by atoms with Crippen molar-refractivity contribution in [2.45, 2.75) is 6.54 Å². The first-order valence-electron chi connectivity index (χ1n) is 7.68. The fourth-order valence-corrected chi connectivity index (χ4v) is 2.24. The first kappa shape index (κ1) is 18.3. The smallest absolute Gasteiger partial charge is 0.338 e. The van der Waals surface area contributed by atoms with Gasteiger partial charge in [0, 0.05) is 18.9 Å². The highest BCUT2D eigenvalue weighted by Gasteiger charge is 2.03. The zero-order valence-electron chi connectivity index (χ0n) is 13.5. The van der Waals surface area contributed by atoms with Crippen LogP contribution in [0.4, 0.5) is 0 Å². The highest BCUT2D eigenvalue weighted by atomic mass is 35.5. The predicted octanol–water partition coefficient (Wildman–Crippen LogP) is 3.30. The highest BCUT2D eigenvalue weighted by Crippen LogP contribution is 2.14. The molecule has 1 aliphatic rings. The molecule has 0 amide bonds. The summed E-state index contributed by atoms with van der Waals surface area (Å²) in [7, 11) is 0. The minimum Gasteiger partial charge on any atom is -0.853 e. The van der Waals surface area contributed by atoms with Gasteiger partial charge in [-0.15, -0.1) is 12.4 Å². The first-order chi connectivity index (χ1) is 11.8. The minimum atomic E-state index is -0.353. The van der Waals surface area contributed by atoms with Crippen molar-refractivity contribution in [2.24, 2.45) is 5.11 Å². The van der Waals surface area contributed by atoms with Crippen LogP contribution in [0.1, 0.15) is 11.1 Å². The summed E-state index contributed by atoms with van der Waals surface area (Å²) in [5, 5.41) is 15.7. The average molecular weight is 352 g/mol. The molecule has 2 aromatic carbocycles. The Morgan fingerprint density at radius 1 is 0.960 bits per heavy atom. The Morgan fingerprint density at radius 2 is 1.56 bits per heavy atom. The van der Waals surface area contributed by atoms with Crippen LogP contribution in [-0.2, 0) is 6.54 Å². The van der Waals surface area contributed by atoms with E-state index in [2.05, 4.69) is 22.0 Å². The molecule has 0 saturated carbocycles. The number of hydrogen-bond donors (Lipinski definition) is 0. The van der Waals surface area contributed by atoms with E-state index in [9.17, 15) is 5.11 Å². The summed E-state index contributed by atoms with van der Waals surface area (Å²) in [5.41, 5.74) is 2.63. The summed E-state index contributed by atoms with van der Waals surface area (Å²) in [6.45, 7) is 0.763. The molecule has 0 fully saturated rings. The SMILES string of the molecule is Cl.[O-]C(N=[N+]=Cc1ccccc1)=C1C=CN(Cc2ccccc2)C=C1. The molecule has 1 aliphatic heterocycles. The van der Waals surface area contributed by atoms with Gasteiger partial charge < -0.3 is 10.0 Å². The molecule has 0 N–H and O–H groups in total. The Morgan fingerprint density at radius 3 is 2.20 bits per heavy atom. The highest BCUT2D eigenvalue weighted by molar-refractivity contribution is 5.85. The van der Waals surface area contributed by atoms with Gasteiger partial charge in [-0.2, -0.15) is 0 Å². The summed E-state index contributed by atoms with van der Waals surface area (Å²) < 4.78 is 0. The molecule has 0 radical (unpaired) electrons. The lowest BCUT2D eigenvalue weighted by molar-refractivity contribution is -0.322. The van der Waals surface area contributed by atoms with Crippen molar-refractivity contribution in [2.75, 3.05) is 0 Å². The Labute approximate surface area is 153 Å². The van der Waals surface area contributed by atoms with Crippen LogP contribution in [0.25, 0.3) is 0 Å². The molecule has 4 nitrogen and oxygen atoms in total. The van der Waals surface area contributed by atoms with Crippen molar-refractivity contribution in [1.29, 1.82) is 0 Å². The van der Waals surface area contributed by atoms with E-state index in [0.29, 0.717) is 5.57 Å². The predicted molar refractivity (Wildman–Crippen MR) is 98.8 cm³/mol. The maximum Gasteiger partial charge on any atom is 0.338 e. The molecule has 1 heterocycles. The van der Waals surface area contributed by atoms with Crippen LogP contribution < -0.4 is 5.11 Å². The Kier molecular flexibility index (Phi) is 6.78. The molecule has 0 bridgehead atoms. The third kappa shape index (κ3) is 5.50. The summed E-state index contributed by atoms with van der Waals surface area (Å²) >= 11 is 0. The number of hydrogen-bond acceptors (Lipinski definition) is 3. The van der Waals surface area contributed by atoms with E-state index < -0.39 is 0 Å². The molecule has 0 unspecified atom stereocenters. The number of allylic oxidation sites excluding steroid dienone is 3. The van der Waals surface area contributed by atoms with Gasteiger partial charge in [0.15, 0.2) is 0 Å². The molecule has 0 aliphatic carbocycles. The van der Waals surface area contributed by atoms with Crippen LogP contribution in [-0.4, -0.2) is 15.9 Å². The van der Waals surface area contributed by atoms with E-state index in [4.69, 9.17) is 0 Å². The van der Waals surface area contributed by atoms with E-state index in [-0.39, 0.29) is 18.3 Å². The lowest BCUT2D eigenvalue weighted by atomic mass is 10.2. The van der Waals surface area contributed by atoms with Gasteiger partial charge in [0.1, 0.15) is 5.11 Å². The van der Waals surface area contributed by atoms with Crippen LogP contribution >= 0.6 is 12.4 Å². The summed E-state index contributed by atoms with van der Waals surface area (Å²) in [6.07, 6.45) is 8.82. The minimum absolute atomic E-state index is 0. The van der Waals surface area contributed by atoms with Crippen molar-refractivity contribution in [3.63, 3.8) is 0 Å². The van der Waals surface area contributed by atoms with Crippen molar-refractivity contribution >= 4 is 18.6 Å². The number of halogens is 1. The Bertz CT molecular complexity index is 820. The zero-order valence-corrected chi connectivity index (χ0v) is 14.3. The van der Waals surface area contributed by atoms with Gasteiger partial charge in [0.2, 0.25) is 0 Å². The third-order valence-corrected chi connectivity index (χ3v) is 3.50. The summed E-state index contributed by atoms with van der Waals surface area (Å²) in [6, 6.07) is 19.7. The van der Waals surface area contributed by atoms with E-state index in [1.807, 2.05) is 65.8 Å². The second kappa shape index (κ2) is 9.28. The summed E-state index contributed by atoms with van der Waals surface area (Å²) in [5.74, 6) is -0.353. The monoisotopic (exact) mass is 351 g/mol. The van der Waals surface area contributed by atoms with E-state index in [1.54, 1.807) is 18.4 Å². The van der Waals surface area contributed by atoms with Gasteiger partial charge in [-0.05, 0) is 35.4 Å². The van der Waals surface area contributed by atoms with Crippen molar-refractivity contribution < 1.29 is 9.90 Å². The molecule has 0 spiro atoms. The standard InChI is InChI=1S/C20H17N3O.ClH/c24-20(22-21-15-17-7-3-1-4-8-17)19-11-13-23(14-12-19)16-18-9-5-2-6-10-18;/h1-15H,16H2;1H. The second-order valence-corrected chi connectivity index (χ2v) is 5.31. The largest absolute Gasteiger partial charge is 0.853 e. The molecule has 126 valence electrons. The molecule has 0 aromatic heterocycles. The molecule has 5 heteroatoms. The fourth-order valence-electron chi connectivity index (χ4n) is 2.24. The average Bonchev–Trinajstić information content (AvgIpc) is 2.64. The van der Waals surface area contributed by atoms with Gasteiger partial charge in [0.25, 0.3) is 0 Å². The first-order valence-corrected chi connectivity index (χ1v) is 7.68. The maximum absolute atomic E-state index is 12.0. The summed E-state index contributed by atoms with van der Waals surface area (Å²) in [4.78, 5) is 5.86. The molecule has 3 rings (SSSR count). The number of benzene rings is 2. The van der Waals surface area contributed by atoms with Crippen LogP contribution in [0.5, 0.6) is 0 Å². The number of rotatable bonds is 4. The molecular formula is C20H18ClN3O. The maximum atomic E-state index is 12.0. The van der Waals surface area contributed by atoms with Gasteiger partial charge >= 0.3 is 6.21 Å². The third-order valence-electron chi connectivity index (χ3n) is 3.50. The topological polar surface area (TPSA) is 52.8 Å². The Hall–Kier alpha value is -3.07. The second-order valence-electron chi connectivity index (χ2n) is 5.31. The van der Waals surface area contributed by atoms with Crippen LogP contribution in [0.2, 0.25) is 0 Å². The van der Waals surface area contributed by atoms with Crippen molar-refractivity contribution in [3.8, 4) is 0 Å². The van der Waals surface area contributed by atoms with Gasteiger partial charge in [-0.3, -0.25) is 0 Å². The lowest BCUT2D eigenvalue weighted by Gasteiger charge is -2.19. The van der Waals surface area contributed by atoms with E-state index in [1.165, 1.54) is 5.56 Å². The molecular weight excluding hydrogens is 334 g/mol. The van der Waals surface area contributed by atoms with Crippen molar-refractivity contribution in [1.82, 2.24) is 4.90 Å². The molecule has 25 heavy (non-hydrogen) atoms. The number of nitrogens with zero attached hydrogens (tertiary/aromatic N) is 3. The Balaban J connectivity index is 0.00000225. The van der Waals surface area contributed by atoms with Crippen LogP contribution in [0.15, 0.2) is 102 Å². The van der Waals surface area contributed by atoms with Crippen molar-refractivity contribution in [3.05, 3.63) is 108 Å². The molecule has 2 aromatic rings. The van der Waals surface area contributed by atoms with Gasteiger partial charge in [-0.25, -0.2) is 0 Å². The van der Waals surface area contributed by atoms with E-state index >= 15 is 0 Å². The van der Waals surface area contributed by atoms with Crippen LogP contribution in [0.3, 0.4) is 0 Å². The molecule has 0 saturated heterocycles. The molecule has 0 atom stereocenters. The normalized spacial score (nSPS) is 12.2. The van der Waals surface area contributed by atoms with Crippen LogP contribution in [0, 0.1) is 0 Å². The fraction of sp³-hybridized carbons (Fsp3) is 0.0500.